The van der Waals surface area contributed by atoms with Gasteiger partial charge in [-0.05, 0) is 93.1 Å². The summed E-state index contributed by atoms with van der Waals surface area (Å²) in [6.07, 6.45) is 14.7. The first-order chi connectivity index (χ1) is 24.8. The first-order valence-electron chi connectivity index (χ1n) is 17.7. The van der Waals surface area contributed by atoms with Crippen LogP contribution in [-0.4, -0.2) is 12.1 Å². The maximum atomic E-state index is 2.53. The molecule has 6 aromatic rings. The van der Waals surface area contributed by atoms with E-state index in [0.29, 0.717) is 0 Å². The molecule has 2 nitrogen and oxygen atoms in total. The van der Waals surface area contributed by atoms with Crippen LogP contribution < -0.4 is 9.80 Å². The molecular weight excluding hydrogens is 605 g/mol. The molecular formula is C48H36N2. The molecule has 50 heavy (non-hydrogen) atoms. The largest absolute Gasteiger partial charge is 0.333 e. The van der Waals surface area contributed by atoms with Crippen LogP contribution in [0.3, 0.4) is 0 Å². The lowest BCUT2D eigenvalue weighted by molar-refractivity contribution is 0.730. The van der Waals surface area contributed by atoms with Crippen molar-refractivity contribution >= 4 is 22.7 Å². The van der Waals surface area contributed by atoms with Crippen molar-refractivity contribution in [1.82, 2.24) is 0 Å². The number of allylic oxidation sites excluding steroid dienone is 4. The molecule has 2 heterocycles. The zero-order valence-corrected chi connectivity index (χ0v) is 27.7. The zero-order valence-electron chi connectivity index (χ0n) is 27.7. The SMILES string of the molecule is C1=CC2C(C=C1C1=CC3c4cc(-c5ccccc5)ccc4N(c4ccccc4)C3C=C1)c1cc(-c3ccccc3)ccc1N2c1ccccc1. The fraction of sp³-hybridized carbons (Fsp3) is 0.0833. The van der Waals surface area contributed by atoms with Gasteiger partial charge in [0.05, 0.1) is 12.1 Å². The van der Waals surface area contributed by atoms with Crippen molar-refractivity contribution in [3.05, 3.63) is 216 Å². The second-order valence-electron chi connectivity index (χ2n) is 13.7. The van der Waals surface area contributed by atoms with Gasteiger partial charge in [-0.3, -0.25) is 0 Å². The fourth-order valence-corrected chi connectivity index (χ4v) is 8.59. The molecule has 238 valence electrons. The minimum atomic E-state index is 0.220. The molecule has 4 unspecified atom stereocenters. The predicted molar refractivity (Wildman–Crippen MR) is 208 cm³/mol. The summed E-state index contributed by atoms with van der Waals surface area (Å²) >= 11 is 0. The van der Waals surface area contributed by atoms with Crippen LogP contribution in [0.15, 0.2) is 205 Å². The van der Waals surface area contributed by atoms with Gasteiger partial charge in [0.25, 0.3) is 0 Å². The van der Waals surface area contributed by atoms with Crippen molar-refractivity contribution in [3.63, 3.8) is 0 Å². The average Bonchev–Trinajstić information content (AvgIpc) is 3.70. The van der Waals surface area contributed by atoms with Gasteiger partial charge in [0.1, 0.15) is 0 Å². The number of fused-ring (bicyclic) bond motifs is 6. The molecule has 0 fully saturated rings. The van der Waals surface area contributed by atoms with Gasteiger partial charge >= 0.3 is 0 Å². The Balaban J connectivity index is 1.06. The third-order valence-electron chi connectivity index (χ3n) is 10.9. The molecule has 0 bridgehead atoms. The van der Waals surface area contributed by atoms with Crippen LogP contribution in [-0.2, 0) is 0 Å². The van der Waals surface area contributed by atoms with Crippen LogP contribution in [0.2, 0.25) is 0 Å². The third-order valence-corrected chi connectivity index (χ3v) is 10.9. The molecule has 2 aliphatic heterocycles. The molecule has 6 aromatic carbocycles. The van der Waals surface area contributed by atoms with Crippen molar-refractivity contribution in [1.29, 1.82) is 0 Å². The first kappa shape index (κ1) is 28.9. The summed E-state index contributed by atoms with van der Waals surface area (Å²) in [5, 5.41) is 0. The number of hydrogen-bond acceptors (Lipinski definition) is 2. The van der Waals surface area contributed by atoms with E-state index in [1.165, 1.54) is 67.3 Å². The van der Waals surface area contributed by atoms with Gasteiger partial charge < -0.3 is 9.80 Å². The standard InChI is InChI=1S/C48H36N2/c1-5-13-33(14-6-1)35-21-25-45-41(29-35)43-31-37(23-27-47(43)49(45)39-17-9-3-10-18-39)38-24-28-48-44(32-38)42-30-36(34-15-7-2-8-16-34)22-26-46(42)50(48)40-19-11-4-12-20-40/h1-32,43-44,47-48H. The lowest BCUT2D eigenvalue weighted by Crippen LogP contribution is -2.30. The molecule has 2 heteroatoms. The summed E-state index contributed by atoms with van der Waals surface area (Å²) in [4.78, 5) is 5.05. The van der Waals surface area contributed by atoms with Crippen molar-refractivity contribution in [2.24, 2.45) is 0 Å². The summed E-state index contributed by atoms with van der Waals surface area (Å²) in [7, 11) is 0. The molecule has 0 amide bonds. The van der Waals surface area contributed by atoms with E-state index in [1.807, 2.05) is 0 Å². The number of benzene rings is 6. The quantitative estimate of drug-likeness (QED) is 0.185. The second kappa shape index (κ2) is 11.8. The van der Waals surface area contributed by atoms with E-state index in [9.17, 15) is 0 Å². The zero-order chi connectivity index (χ0) is 33.0. The van der Waals surface area contributed by atoms with Gasteiger partial charge in [0.15, 0.2) is 0 Å². The summed E-state index contributed by atoms with van der Waals surface area (Å²) in [6, 6.07) is 57.7. The van der Waals surface area contributed by atoms with E-state index >= 15 is 0 Å². The Morgan fingerprint density at radius 2 is 0.740 bits per heavy atom. The number of anilines is 4. The summed E-state index contributed by atoms with van der Waals surface area (Å²) < 4.78 is 0. The summed E-state index contributed by atoms with van der Waals surface area (Å²) in [6.45, 7) is 0. The minimum absolute atomic E-state index is 0.220. The number of hydrogen-bond donors (Lipinski definition) is 0. The highest BCUT2D eigenvalue weighted by molar-refractivity contribution is 5.82. The second-order valence-corrected chi connectivity index (χ2v) is 13.7. The van der Waals surface area contributed by atoms with Crippen LogP contribution in [0.25, 0.3) is 22.3 Å². The van der Waals surface area contributed by atoms with Crippen molar-refractivity contribution < 1.29 is 0 Å². The Morgan fingerprint density at radius 1 is 0.360 bits per heavy atom. The van der Waals surface area contributed by atoms with Gasteiger partial charge in [-0.1, -0.05) is 146 Å². The van der Waals surface area contributed by atoms with Gasteiger partial charge in [0, 0.05) is 34.6 Å². The number of rotatable bonds is 5. The van der Waals surface area contributed by atoms with Gasteiger partial charge in [0.2, 0.25) is 0 Å². The summed E-state index contributed by atoms with van der Waals surface area (Å²) in [5.74, 6) is 0.476. The Labute approximate surface area is 294 Å². The maximum absolute atomic E-state index is 2.53. The molecule has 0 saturated carbocycles. The van der Waals surface area contributed by atoms with Crippen molar-refractivity contribution in [2.75, 3.05) is 9.80 Å². The highest BCUT2D eigenvalue weighted by atomic mass is 15.2. The number of para-hydroxylation sites is 2. The Bertz CT molecular complexity index is 2170. The Morgan fingerprint density at radius 3 is 1.14 bits per heavy atom. The maximum Gasteiger partial charge on any atom is 0.0630 e. The topological polar surface area (TPSA) is 6.48 Å². The molecule has 10 rings (SSSR count). The molecule has 4 aliphatic rings. The Hall–Kier alpha value is -6.12. The Kier molecular flexibility index (Phi) is 6.80. The molecule has 0 radical (unpaired) electrons. The van der Waals surface area contributed by atoms with E-state index in [-0.39, 0.29) is 23.9 Å². The van der Waals surface area contributed by atoms with Crippen molar-refractivity contribution in [2.45, 2.75) is 23.9 Å². The van der Waals surface area contributed by atoms with E-state index in [0.717, 1.165) is 0 Å². The molecule has 0 aromatic heterocycles. The monoisotopic (exact) mass is 640 g/mol. The summed E-state index contributed by atoms with van der Waals surface area (Å²) in [5.41, 5.74) is 15.4. The van der Waals surface area contributed by atoms with Crippen LogP contribution >= 0.6 is 0 Å². The van der Waals surface area contributed by atoms with E-state index in [4.69, 9.17) is 0 Å². The highest BCUT2D eigenvalue weighted by Crippen LogP contribution is 2.52. The minimum Gasteiger partial charge on any atom is -0.333 e. The van der Waals surface area contributed by atoms with E-state index in [2.05, 4.69) is 204 Å². The van der Waals surface area contributed by atoms with Crippen LogP contribution in [0, 0.1) is 0 Å². The van der Waals surface area contributed by atoms with E-state index in [1.54, 1.807) is 0 Å². The molecule has 0 spiro atoms. The van der Waals surface area contributed by atoms with Crippen LogP contribution in [0.4, 0.5) is 22.7 Å². The third kappa shape index (κ3) is 4.71. The fourth-order valence-electron chi connectivity index (χ4n) is 8.59. The molecule has 0 saturated heterocycles. The average molecular weight is 641 g/mol. The normalized spacial score (nSPS) is 21.2. The van der Waals surface area contributed by atoms with Crippen molar-refractivity contribution in [3.8, 4) is 22.3 Å². The lowest BCUT2D eigenvalue weighted by Gasteiger charge is -2.31. The molecule has 4 atom stereocenters. The smallest absolute Gasteiger partial charge is 0.0630 e. The first-order valence-corrected chi connectivity index (χ1v) is 17.7. The molecule has 2 aliphatic carbocycles. The lowest BCUT2D eigenvalue weighted by atomic mass is 9.81. The highest BCUT2D eigenvalue weighted by Gasteiger charge is 2.41. The van der Waals surface area contributed by atoms with E-state index < -0.39 is 0 Å². The van der Waals surface area contributed by atoms with Gasteiger partial charge in [-0.15, -0.1) is 0 Å². The molecule has 0 N–H and O–H groups in total. The number of nitrogens with zero attached hydrogens (tertiary/aromatic N) is 2. The van der Waals surface area contributed by atoms with Crippen LogP contribution in [0.1, 0.15) is 23.0 Å². The van der Waals surface area contributed by atoms with Gasteiger partial charge in [-0.2, -0.15) is 0 Å². The predicted octanol–water partition coefficient (Wildman–Crippen LogP) is 11.9. The van der Waals surface area contributed by atoms with Crippen LogP contribution in [0.5, 0.6) is 0 Å². The van der Waals surface area contributed by atoms with Gasteiger partial charge in [-0.25, -0.2) is 0 Å².